The van der Waals surface area contributed by atoms with Crippen molar-refractivity contribution in [2.45, 2.75) is 38.8 Å². The van der Waals surface area contributed by atoms with Crippen LogP contribution in [0.15, 0.2) is 41.8 Å². The molecule has 1 heterocycles. The monoisotopic (exact) mass is 303 g/mol. The first-order valence-corrected chi connectivity index (χ1v) is 8.17. The van der Waals surface area contributed by atoms with E-state index in [0.29, 0.717) is 13.0 Å². The molecule has 0 unspecified atom stereocenters. The van der Waals surface area contributed by atoms with Gasteiger partial charge in [-0.2, -0.15) is 0 Å². The molecule has 1 atom stereocenters. The summed E-state index contributed by atoms with van der Waals surface area (Å²) in [6.07, 6.45) is 2.63. The Kier molecular flexibility index (Phi) is 5.96. The Morgan fingerprint density at radius 3 is 2.71 bits per heavy atom. The van der Waals surface area contributed by atoms with Crippen molar-refractivity contribution in [2.24, 2.45) is 0 Å². The van der Waals surface area contributed by atoms with Crippen LogP contribution in [0.2, 0.25) is 0 Å². The zero-order valence-electron chi connectivity index (χ0n) is 12.2. The van der Waals surface area contributed by atoms with E-state index in [1.54, 1.807) is 11.3 Å². The van der Waals surface area contributed by atoms with Crippen molar-refractivity contribution < 1.29 is 9.90 Å². The minimum Gasteiger partial charge on any atom is -0.480 e. The van der Waals surface area contributed by atoms with Crippen molar-refractivity contribution in [2.75, 3.05) is 0 Å². The Morgan fingerprint density at radius 2 is 2.05 bits per heavy atom. The van der Waals surface area contributed by atoms with Crippen molar-refractivity contribution >= 4 is 17.3 Å². The summed E-state index contributed by atoms with van der Waals surface area (Å²) in [6.45, 7) is 2.68. The number of hydrogen-bond donors (Lipinski definition) is 2. The molecule has 1 aromatic carbocycles. The average Bonchev–Trinajstić information content (AvgIpc) is 2.97. The Bertz CT molecular complexity index is 565. The second-order valence-corrected chi connectivity index (χ2v) is 6.08. The summed E-state index contributed by atoms with van der Waals surface area (Å²) in [5.74, 6) is -0.761. The standard InChI is InChI=1S/C17H21NO2S/c1-2-3-9-16(17(19)20)18-11-15-10-14(12-21-15)13-7-5-4-6-8-13/h4-8,10,12,16,18H,2-3,9,11H2,1H3,(H,19,20)/t16-/m0/s1. The average molecular weight is 303 g/mol. The lowest BCUT2D eigenvalue weighted by atomic mass is 10.1. The van der Waals surface area contributed by atoms with E-state index in [2.05, 4.69) is 35.8 Å². The van der Waals surface area contributed by atoms with Gasteiger partial charge in [0.25, 0.3) is 0 Å². The van der Waals surface area contributed by atoms with E-state index in [1.165, 1.54) is 11.1 Å². The van der Waals surface area contributed by atoms with Gasteiger partial charge in [0.2, 0.25) is 0 Å². The highest BCUT2D eigenvalue weighted by Gasteiger charge is 2.16. The molecule has 0 spiro atoms. The second kappa shape index (κ2) is 7.96. The lowest BCUT2D eigenvalue weighted by Crippen LogP contribution is -2.35. The largest absolute Gasteiger partial charge is 0.480 e. The maximum absolute atomic E-state index is 11.2. The van der Waals surface area contributed by atoms with E-state index in [1.807, 2.05) is 18.2 Å². The minimum atomic E-state index is -0.761. The van der Waals surface area contributed by atoms with Gasteiger partial charge in [-0.25, -0.2) is 0 Å². The Hall–Kier alpha value is -1.65. The maximum atomic E-state index is 11.2. The number of carboxylic acid groups (broad SMARTS) is 1. The summed E-state index contributed by atoms with van der Waals surface area (Å²) in [6, 6.07) is 11.9. The van der Waals surface area contributed by atoms with Gasteiger partial charge < -0.3 is 5.11 Å². The molecule has 2 N–H and O–H groups in total. The van der Waals surface area contributed by atoms with Gasteiger partial charge >= 0.3 is 5.97 Å². The van der Waals surface area contributed by atoms with Gasteiger partial charge in [-0.05, 0) is 29.0 Å². The van der Waals surface area contributed by atoms with Gasteiger partial charge in [0, 0.05) is 11.4 Å². The van der Waals surface area contributed by atoms with Crippen LogP contribution in [0.3, 0.4) is 0 Å². The number of carboxylic acids is 1. The van der Waals surface area contributed by atoms with Gasteiger partial charge in [-0.15, -0.1) is 11.3 Å². The van der Waals surface area contributed by atoms with Crippen LogP contribution in [0.1, 0.15) is 31.1 Å². The predicted molar refractivity (Wildman–Crippen MR) is 87.5 cm³/mol. The van der Waals surface area contributed by atoms with Crippen LogP contribution in [-0.2, 0) is 11.3 Å². The number of unbranched alkanes of at least 4 members (excludes halogenated alkanes) is 1. The van der Waals surface area contributed by atoms with Crippen LogP contribution in [0, 0.1) is 0 Å². The van der Waals surface area contributed by atoms with E-state index in [9.17, 15) is 9.90 Å². The molecule has 2 rings (SSSR count). The second-order valence-electron chi connectivity index (χ2n) is 5.08. The molecule has 1 aromatic heterocycles. The molecule has 0 saturated carbocycles. The molecule has 0 fully saturated rings. The Balaban J connectivity index is 1.94. The third kappa shape index (κ3) is 4.69. The normalized spacial score (nSPS) is 12.2. The summed E-state index contributed by atoms with van der Waals surface area (Å²) in [5, 5.41) is 14.5. The number of hydrogen-bond acceptors (Lipinski definition) is 3. The molecule has 4 heteroatoms. The number of carbonyl (C=O) groups is 1. The van der Waals surface area contributed by atoms with Crippen LogP contribution in [0.25, 0.3) is 11.1 Å². The van der Waals surface area contributed by atoms with Gasteiger partial charge in [-0.1, -0.05) is 50.1 Å². The Labute approximate surface area is 129 Å². The fraction of sp³-hybridized carbons (Fsp3) is 0.353. The van der Waals surface area contributed by atoms with Crippen molar-refractivity contribution in [1.82, 2.24) is 5.32 Å². The number of rotatable bonds is 8. The minimum absolute atomic E-state index is 0.452. The quantitative estimate of drug-likeness (QED) is 0.770. The highest BCUT2D eigenvalue weighted by Crippen LogP contribution is 2.25. The van der Waals surface area contributed by atoms with Gasteiger partial charge in [-0.3, -0.25) is 10.1 Å². The van der Waals surface area contributed by atoms with Gasteiger partial charge in [0.15, 0.2) is 0 Å². The third-order valence-electron chi connectivity index (χ3n) is 3.43. The highest BCUT2D eigenvalue weighted by molar-refractivity contribution is 7.10. The molecular formula is C17H21NO2S. The fourth-order valence-corrected chi connectivity index (χ4v) is 3.04. The van der Waals surface area contributed by atoms with Crippen LogP contribution < -0.4 is 5.32 Å². The summed E-state index contributed by atoms with van der Waals surface area (Å²) in [4.78, 5) is 12.4. The van der Waals surface area contributed by atoms with Crippen LogP contribution in [-0.4, -0.2) is 17.1 Å². The molecule has 0 bridgehead atoms. The number of thiophene rings is 1. The molecule has 21 heavy (non-hydrogen) atoms. The van der Waals surface area contributed by atoms with Crippen LogP contribution in [0.4, 0.5) is 0 Å². The molecule has 0 amide bonds. The molecule has 112 valence electrons. The summed E-state index contributed by atoms with van der Waals surface area (Å²) < 4.78 is 0. The zero-order valence-corrected chi connectivity index (χ0v) is 13.0. The number of aliphatic carboxylic acids is 1. The Morgan fingerprint density at radius 1 is 1.29 bits per heavy atom. The lowest BCUT2D eigenvalue weighted by Gasteiger charge is -2.13. The van der Waals surface area contributed by atoms with E-state index in [4.69, 9.17) is 0 Å². The third-order valence-corrected chi connectivity index (χ3v) is 4.36. The SMILES string of the molecule is CCCC[C@H](NCc1cc(-c2ccccc2)cs1)C(=O)O. The molecule has 2 aromatic rings. The number of nitrogens with one attached hydrogen (secondary N) is 1. The fourth-order valence-electron chi connectivity index (χ4n) is 2.20. The van der Waals surface area contributed by atoms with E-state index >= 15 is 0 Å². The first-order chi connectivity index (χ1) is 10.2. The lowest BCUT2D eigenvalue weighted by molar-refractivity contribution is -0.139. The smallest absolute Gasteiger partial charge is 0.320 e. The number of benzene rings is 1. The zero-order chi connectivity index (χ0) is 15.1. The molecule has 3 nitrogen and oxygen atoms in total. The molecule has 0 radical (unpaired) electrons. The van der Waals surface area contributed by atoms with Crippen molar-refractivity contribution in [3.8, 4) is 11.1 Å². The van der Waals surface area contributed by atoms with E-state index < -0.39 is 12.0 Å². The van der Waals surface area contributed by atoms with Crippen molar-refractivity contribution in [3.63, 3.8) is 0 Å². The van der Waals surface area contributed by atoms with Crippen molar-refractivity contribution in [1.29, 1.82) is 0 Å². The predicted octanol–water partition coefficient (Wildman–Crippen LogP) is 4.15. The first-order valence-electron chi connectivity index (χ1n) is 7.29. The molecule has 0 saturated heterocycles. The van der Waals surface area contributed by atoms with E-state index in [-0.39, 0.29) is 0 Å². The van der Waals surface area contributed by atoms with Gasteiger partial charge in [0.05, 0.1) is 0 Å². The van der Waals surface area contributed by atoms with Crippen LogP contribution in [0.5, 0.6) is 0 Å². The molecule has 0 aliphatic rings. The van der Waals surface area contributed by atoms with E-state index in [0.717, 1.165) is 17.7 Å². The topological polar surface area (TPSA) is 49.3 Å². The molecule has 0 aliphatic heterocycles. The maximum Gasteiger partial charge on any atom is 0.320 e. The summed E-state index contributed by atoms with van der Waals surface area (Å²) in [5.41, 5.74) is 2.39. The molecular weight excluding hydrogens is 282 g/mol. The first kappa shape index (κ1) is 15.7. The molecule has 0 aliphatic carbocycles. The van der Waals surface area contributed by atoms with Crippen molar-refractivity contribution in [3.05, 3.63) is 46.7 Å². The van der Waals surface area contributed by atoms with Crippen LogP contribution >= 0.6 is 11.3 Å². The summed E-state index contributed by atoms with van der Waals surface area (Å²) >= 11 is 1.67. The highest BCUT2D eigenvalue weighted by atomic mass is 32.1. The summed E-state index contributed by atoms with van der Waals surface area (Å²) in [7, 11) is 0. The van der Waals surface area contributed by atoms with Gasteiger partial charge in [0.1, 0.15) is 6.04 Å².